The van der Waals surface area contributed by atoms with Crippen LogP contribution in [-0.2, 0) is 24.5 Å². The van der Waals surface area contributed by atoms with Crippen molar-refractivity contribution in [3.05, 3.63) is 71.3 Å². The number of hydrogen-bond donors (Lipinski definition) is 0. The number of allylic oxidation sites excluding steroid dienone is 2. The molecule has 1 heterocycles. The van der Waals surface area contributed by atoms with E-state index in [-0.39, 0.29) is 17.6 Å². The molecule has 0 radical (unpaired) electrons. The fraction of sp³-hybridized carbons (Fsp3) is 0.300. The van der Waals surface area contributed by atoms with E-state index in [1.54, 1.807) is 6.92 Å². The zero-order valence-corrected chi connectivity index (χ0v) is 13.2. The normalized spacial score (nSPS) is 37.1. The van der Waals surface area contributed by atoms with E-state index in [0.717, 1.165) is 5.56 Å². The van der Waals surface area contributed by atoms with E-state index in [0.29, 0.717) is 17.4 Å². The monoisotopic (exact) mass is 320 g/mol. The molecule has 1 fully saturated rings. The highest BCUT2D eigenvalue weighted by molar-refractivity contribution is 6.18. The minimum Gasteiger partial charge on any atom is -0.462 e. The van der Waals surface area contributed by atoms with Gasteiger partial charge >= 0.3 is 11.9 Å². The standard InChI is InChI=1S/C20H16O4/c1-2-23-17(21)16-15-9-8-13-14-10-11-19(15,24-18(16)22)20(13,14)12-6-4-3-5-7-12/h3-11,13-14H,2H2,1H3/t13-,14+,19+,20-/m1/s1. The second-order valence-electron chi connectivity index (χ2n) is 6.64. The van der Waals surface area contributed by atoms with E-state index in [1.165, 1.54) is 0 Å². The second kappa shape index (κ2) is 4.26. The summed E-state index contributed by atoms with van der Waals surface area (Å²) in [5.74, 6) is -0.592. The molecule has 0 bridgehead atoms. The van der Waals surface area contributed by atoms with E-state index >= 15 is 0 Å². The SMILES string of the molecule is CCOC(=O)C1=C2C=C[C@@H]3[C@@H]4C=C[C@@]2(OC1=O)[C@]34c1ccccc1. The lowest BCUT2D eigenvalue weighted by molar-refractivity contribution is -0.149. The van der Waals surface area contributed by atoms with Crippen LogP contribution in [0.4, 0.5) is 0 Å². The maximum absolute atomic E-state index is 12.5. The molecule has 0 saturated heterocycles. The number of esters is 2. The zero-order chi connectivity index (χ0) is 16.5. The molecule has 24 heavy (non-hydrogen) atoms. The molecule has 0 aromatic heterocycles. The Kier molecular flexibility index (Phi) is 2.45. The second-order valence-corrected chi connectivity index (χ2v) is 6.64. The van der Waals surface area contributed by atoms with Crippen LogP contribution < -0.4 is 0 Å². The largest absolute Gasteiger partial charge is 0.462 e. The van der Waals surface area contributed by atoms with E-state index in [4.69, 9.17) is 9.47 Å². The van der Waals surface area contributed by atoms with Gasteiger partial charge in [-0.05, 0) is 30.4 Å². The molecular weight excluding hydrogens is 304 g/mol. The maximum atomic E-state index is 12.5. The van der Waals surface area contributed by atoms with Gasteiger partial charge in [0.15, 0.2) is 11.2 Å². The lowest BCUT2D eigenvalue weighted by Crippen LogP contribution is -2.44. The van der Waals surface area contributed by atoms with E-state index < -0.39 is 17.5 Å². The first kappa shape index (κ1) is 13.8. The number of carbonyl (C=O) groups is 2. The van der Waals surface area contributed by atoms with Crippen molar-refractivity contribution in [2.24, 2.45) is 11.8 Å². The molecule has 5 rings (SSSR count). The molecule has 1 spiro atoms. The predicted octanol–water partition coefficient (Wildman–Crippen LogP) is 2.47. The van der Waals surface area contributed by atoms with E-state index in [9.17, 15) is 9.59 Å². The van der Waals surface area contributed by atoms with Crippen LogP contribution in [0.3, 0.4) is 0 Å². The molecule has 4 heteroatoms. The quantitative estimate of drug-likeness (QED) is 0.488. The van der Waals surface area contributed by atoms with Crippen LogP contribution >= 0.6 is 0 Å². The van der Waals surface area contributed by atoms with Gasteiger partial charge in [-0.15, -0.1) is 0 Å². The topological polar surface area (TPSA) is 52.6 Å². The molecule has 3 aliphatic carbocycles. The lowest BCUT2D eigenvalue weighted by Gasteiger charge is -2.37. The van der Waals surface area contributed by atoms with Crippen LogP contribution in [0.1, 0.15) is 12.5 Å². The zero-order valence-electron chi connectivity index (χ0n) is 13.2. The minimum absolute atomic E-state index is 0.0408. The fourth-order valence-electron chi connectivity index (χ4n) is 4.95. The van der Waals surface area contributed by atoms with Crippen LogP contribution in [0.5, 0.6) is 0 Å². The number of rotatable bonds is 3. The summed E-state index contributed by atoms with van der Waals surface area (Å²) in [6.45, 7) is 1.95. The first-order valence-corrected chi connectivity index (χ1v) is 8.25. The smallest absolute Gasteiger partial charge is 0.347 e. The average Bonchev–Trinajstić information content (AvgIpc) is 2.99. The van der Waals surface area contributed by atoms with Crippen LogP contribution in [0.15, 0.2) is 65.8 Å². The first-order chi connectivity index (χ1) is 11.7. The number of carbonyl (C=O) groups excluding carboxylic acids is 2. The highest BCUT2D eigenvalue weighted by atomic mass is 16.6. The van der Waals surface area contributed by atoms with Gasteiger partial charge in [-0.3, -0.25) is 0 Å². The van der Waals surface area contributed by atoms with Crippen LogP contribution in [-0.4, -0.2) is 24.1 Å². The van der Waals surface area contributed by atoms with Gasteiger partial charge in [-0.25, -0.2) is 9.59 Å². The Morgan fingerprint density at radius 2 is 1.96 bits per heavy atom. The third-order valence-corrected chi connectivity index (χ3v) is 5.81. The summed E-state index contributed by atoms with van der Waals surface area (Å²) in [5, 5.41) is 0. The molecule has 120 valence electrons. The Hall–Kier alpha value is -2.62. The summed E-state index contributed by atoms with van der Waals surface area (Å²) in [6.07, 6.45) is 8.08. The summed E-state index contributed by atoms with van der Waals surface area (Å²) in [6, 6.07) is 10.1. The van der Waals surface area contributed by atoms with E-state index in [2.05, 4.69) is 24.3 Å². The predicted molar refractivity (Wildman–Crippen MR) is 85.9 cm³/mol. The maximum Gasteiger partial charge on any atom is 0.347 e. The van der Waals surface area contributed by atoms with Gasteiger partial charge in [-0.1, -0.05) is 48.6 Å². The number of ether oxygens (including phenoxy) is 2. The number of benzene rings is 1. The fourth-order valence-corrected chi connectivity index (χ4v) is 4.95. The molecule has 0 unspecified atom stereocenters. The highest BCUT2D eigenvalue weighted by Gasteiger charge is 2.81. The Balaban J connectivity index is 1.73. The van der Waals surface area contributed by atoms with Gasteiger partial charge in [0, 0.05) is 5.57 Å². The summed E-state index contributed by atoms with van der Waals surface area (Å²) in [5.41, 5.74) is 0.631. The summed E-state index contributed by atoms with van der Waals surface area (Å²) < 4.78 is 11.0. The molecule has 1 aliphatic heterocycles. The van der Waals surface area contributed by atoms with Crippen molar-refractivity contribution in [1.82, 2.24) is 0 Å². The van der Waals surface area contributed by atoms with Crippen LogP contribution in [0, 0.1) is 11.8 Å². The summed E-state index contributed by atoms with van der Waals surface area (Å²) in [7, 11) is 0. The Labute approximate surface area is 139 Å². The molecule has 4 atom stereocenters. The van der Waals surface area contributed by atoms with Crippen molar-refractivity contribution in [3.8, 4) is 0 Å². The first-order valence-electron chi connectivity index (χ1n) is 8.25. The Morgan fingerprint density at radius 3 is 2.71 bits per heavy atom. The van der Waals surface area contributed by atoms with Crippen LogP contribution in [0.25, 0.3) is 0 Å². The van der Waals surface area contributed by atoms with Gasteiger partial charge in [0.05, 0.1) is 12.0 Å². The van der Waals surface area contributed by atoms with Gasteiger partial charge in [0.1, 0.15) is 0 Å². The summed E-state index contributed by atoms with van der Waals surface area (Å²) in [4.78, 5) is 24.8. The van der Waals surface area contributed by atoms with Crippen LogP contribution in [0.2, 0.25) is 0 Å². The van der Waals surface area contributed by atoms with Crippen molar-refractivity contribution >= 4 is 11.9 Å². The lowest BCUT2D eigenvalue weighted by atomic mass is 9.70. The van der Waals surface area contributed by atoms with E-state index in [1.807, 2.05) is 30.4 Å². The van der Waals surface area contributed by atoms with Crippen molar-refractivity contribution in [1.29, 1.82) is 0 Å². The van der Waals surface area contributed by atoms with Crippen molar-refractivity contribution in [3.63, 3.8) is 0 Å². The molecule has 4 nitrogen and oxygen atoms in total. The molecular formula is C20H16O4. The third-order valence-electron chi connectivity index (χ3n) is 5.81. The molecule has 1 aromatic rings. The highest BCUT2D eigenvalue weighted by Crippen LogP contribution is 2.76. The van der Waals surface area contributed by atoms with Gasteiger partial charge in [-0.2, -0.15) is 0 Å². The van der Waals surface area contributed by atoms with Crippen molar-refractivity contribution in [2.45, 2.75) is 17.9 Å². The number of fused-ring (bicyclic) bond motifs is 1. The Bertz CT molecular complexity index is 863. The van der Waals surface area contributed by atoms with Gasteiger partial charge in [0.25, 0.3) is 0 Å². The number of hydrogen-bond acceptors (Lipinski definition) is 4. The molecule has 0 amide bonds. The van der Waals surface area contributed by atoms with Gasteiger partial charge in [0.2, 0.25) is 0 Å². The molecule has 1 saturated carbocycles. The average molecular weight is 320 g/mol. The van der Waals surface area contributed by atoms with Crippen molar-refractivity contribution in [2.75, 3.05) is 6.61 Å². The molecule has 4 aliphatic rings. The molecule has 1 aromatic carbocycles. The van der Waals surface area contributed by atoms with Gasteiger partial charge < -0.3 is 9.47 Å². The molecule has 0 N–H and O–H groups in total. The minimum atomic E-state index is -0.877. The van der Waals surface area contributed by atoms with Crippen molar-refractivity contribution < 1.29 is 19.1 Å². The summed E-state index contributed by atoms with van der Waals surface area (Å²) >= 11 is 0. The third kappa shape index (κ3) is 1.28. The Morgan fingerprint density at radius 1 is 1.21 bits per heavy atom.